The fraction of sp³-hybridized carbons (Fsp3) is 0.389. The van der Waals surface area contributed by atoms with Crippen LogP contribution in [-0.4, -0.2) is 33.5 Å². The van der Waals surface area contributed by atoms with Gasteiger partial charge in [0.2, 0.25) is 11.8 Å². The molecule has 1 N–H and O–H groups in total. The van der Waals surface area contributed by atoms with E-state index in [1.807, 2.05) is 6.92 Å². The Balaban J connectivity index is 1.84. The number of anilines is 1. The molecule has 6 nitrogen and oxygen atoms in total. The highest BCUT2D eigenvalue weighted by atomic mass is 19.1. The van der Waals surface area contributed by atoms with Crippen molar-refractivity contribution in [2.45, 2.75) is 32.4 Å². The molecular weight excluding hydrogens is 323 g/mol. The molecule has 1 aromatic heterocycles. The summed E-state index contributed by atoms with van der Waals surface area (Å²) in [5.41, 5.74) is 0.746. The van der Waals surface area contributed by atoms with Crippen molar-refractivity contribution >= 4 is 17.6 Å². The van der Waals surface area contributed by atoms with Crippen LogP contribution in [-0.2, 0) is 16.1 Å². The highest BCUT2D eigenvalue weighted by Crippen LogP contribution is 2.36. The topological polar surface area (TPSA) is 67.2 Å². The van der Waals surface area contributed by atoms with Crippen LogP contribution in [0.25, 0.3) is 0 Å². The number of carbonyl (C=O) groups is 2. The van der Waals surface area contributed by atoms with Gasteiger partial charge in [0.1, 0.15) is 5.82 Å². The smallest absolute Gasteiger partial charge is 0.231 e. The van der Waals surface area contributed by atoms with Gasteiger partial charge in [0.25, 0.3) is 0 Å². The van der Waals surface area contributed by atoms with Gasteiger partial charge in [-0.25, -0.2) is 4.39 Å². The van der Waals surface area contributed by atoms with Crippen molar-refractivity contribution in [1.29, 1.82) is 0 Å². The van der Waals surface area contributed by atoms with E-state index >= 15 is 0 Å². The molecule has 0 unspecified atom stereocenters. The Labute approximate surface area is 145 Å². The van der Waals surface area contributed by atoms with E-state index in [2.05, 4.69) is 10.4 Å². The molecule has 3 rings (SSSR count). The zero-order valence-corrected chi connectivity index (χ0v) is 14.3. The van der Waals surface area contributed by atoms with Gasteiger partial charge in [-0.2, -0.15) is 5.10 Å². The summed E-state index contributed by atoms with van der Waals surface area (Å²) >= 11 is 0. The molecule has 0 radical (unpaired) electrons. The van der Waals surface area contributed by atoms with Gasteiger partial charge < -0.3 is 10.2 Å². The number of nitrogens with zero attached hydrogens (tertiary/aromatic N) is 3. The predicted octanol–water partition coefficient (Wildman–Crippen LogP) is 2.59. The molecule has 0 spiro atoms. The molecule has 1 aliphatic heterocycles. The molecule has 2 aromatic rings. The minimum Gasteiger partial charge on any atom is -0.338 e. The number of benzene rings is 1. The molecule has 2 atom stereocenters. The second-order valence-electron chi connectivity index (χ2n) is 6.19. The first-order chi connectivity index (χ1) is 12.0. The first-order valence-electron chi connectivity index (χ1n) is 8.35. The number of rotatable bonds is 4. The summed E-state index contributed by atoms with van der Waals surface area (Å²) < 4.78 is 15.0. The molecule has 0 aliphatic carbocycles. The Morgan fingerprint density at radius 3 is 2.68 bits per heavy atom. The zero-order valence-electron chi connectivity index (χ0n) is 14.3. The summed E-state index contributed by atoms with van der Waals surface area (Å²) in [6.45, 7) is 2.68. The van der Waals surface area contributed by atoms with Crippen LogP contribution in [0, 0.1) is 11.7 Å². The normalized spacial score (nSPS) is 20.6. The first-order valence-corrected chi connectivity index (χ1v) is 8.35. The molecule has 132 valence electrons. The average Bonchev–Trinajstić information content (AvgIpc) is 3.05. The van der Waals surface area contributed by atoms with Crippen molar-refractivity contribution < 1.29 is 14.0 Å². The molecule has 1 aliphatic rings. The second-order valence-corrected chi connectivity index (χ2v) is 6.19. The van der Waals surface area contributed by atoms with Gasteiger partial charge in [-0.1, -0.05) is 12.1 Å². The molecule has 2 amide bonds. The summed E-state index contributed by atoms with van der Waals surface area (Å²) in [5.74, 6) is -0.479. The van der Waals surface area contributed by atoms with Gasteiger partial charge in [0.15, 0.2) is 5.82 Å². The lowest BCUT2D eigenvalue weighted by molar-refractivity contribution is -0.140. The van der Waals surface area contributed by atoms with Crippen molar-refractivity contribution in [3.8, 4) is 0 Å². The number of likely N-dealkylation sites (tertiary alicyclic amines) is 1. The molecular formula is C18H21FN4O2. The quantitative estimate of drug-likeness (QED) is 0.927. The van der Waals surface area contributed by atoms with Crippen molar-refractivity contribution in [3.05, 3.63) is 47.9 Å². The number of halogens is 1. The summed E-state index contributed by atoms with van der Waals surface area (Å²) in [6.07, 6.45) is 2.56. The molecule has 1 saturated heterocycles. The van der Waals surface area contributed by atoms with E-state index in [-0.39, 0.29) is 17.6 Å². The maximum Gasteiger partial charge on any atom is 0.231 e. The van der Waals surface area contributed by atoms with E-state index in [9.17, 15) is 14.0 Å². The first kappa shape index (κ1) is 17.1. The number of piperidine rings is 1. The lowest BCUT2D eigenvalue weighted by atomic mass is 9.84. The summed E-state index contributed by atoms with van der Waals surface area (Å²) in [7, 11) is 1.68. The van der Waals surface area contributed by atoms with Crippen LogP contribution in [0.2, 0.25) is 0 Å². The summed E-state index contributed by atoms with van der Waals surface area (Å²) in [5, 5.41) is 7.09. The van der Waals surface area contributed by atoms with Crippen molar-refractivity contribution in [2.75, 3.05) is 12.4 Å². The number of amides is 2. The van der Waals surface area contributed by atoms with E-state index in [1.165, 1.54) is 12.1 Å². The van der Waals surface area contributed by atoms with Gasteiger partial charge in [-0.05, 0) is 31.0 Å². The van der Waals surface area contributed by atoms with E-state index in [0.717, 1.165) is 12.1 Å². The molecule has 0 saturated carbocycles. The van der Waals surface area contributed by atoms with Crippen LogP contribution < -0.4 is 5.32 Å². The van der Waals surface area contributed by atoms with Crippen LogP contribution in [0.3, 0.4) is 0 Å². The Kier molecular flexibility index (Phi) is 4.83. The lowest BCUT2D eigenvalue weighted by Crippen LogP contribution is -2.44. The number of nitrogens with one attached hydrogen (secondary N) is 1. The monoisotopic (exact) mass is 344 g/mol. The van der Waals surface area contributed by atoms with Crippen LogP contribution in [0.1, 0.15) is 31.4 Å². The van der Waals surface area contributed by atoms with Gasteiger partial charge in [-0.3, -0.25) is 14.3 Å². The maximum absolute atomic E-state index is 13.2. The van der Waals surface area contributed by atoms with Crippen LogP contribution in [0.5, 0.6) is 0 Å². The summed E-state index contributed by atoms with van der Waals surface area (Å²) in [6, 6.07) is 7.27. The number of aromatic nitrogens is 2. The van der Waals surface area contributed by atoms with E-state index in [4.69, 9.17) is 0 Å². The molecule has 2 heterocycles. The van der Waals surface area contributed by atoms with Crippen LogP contribution in [0.15, 0.2) is 36.5 Å². The minimum absolute atomic E-state index is 0.0198. The zero-order chi connectivity index (χ0) is 18.0. The fourth-order valence-corrected chi connectivity index (χ4v) is 3.25. The Hall–Kier alpha value is -2.70. The van der Waals surface area contributed by atoms with Gasteiger partial charge in [0, 0.05) is 32.3 Å². The maximum atomic E-state index is 13.2. The number of hydrogen-bond donors (Lipinski definition) is 1. The third kappa shape index (κ3) is 3.55. The highest BCUT2D eigenvalue weighted by molar-refractivity contribution is 5.94. The Morgan fingerprint density at radius 1 is 1.32 bits per heavy atom. The van der Waals surface area contributed by atoms with Gasteiger partial charge in [-0.15, -0.1) is 0 Å². The third-order valence-electron chi connectivity index (χ3n) is 4.63. The van der Waals surface area contributed by atoms with Crippen molar-refractivity contribution in [1.82, 2.24) is 14.7 Å². The number of carbonyl (C=O) groups excluding carboxylic acids is 2. The van der Waals surface area contributed by atoms with Crippen LogP contribution in [0.4, 0.5) is 10.2 Å². The van der Waals surface area contributed by atoms with E-state index in [0.29, 0.717) is 18.7 Å². The predicted molar refractivity (Wildman–Crippen MR) is 91.2 cm³/mol. The fourth-order valence-electron chi connectivity index (χ4n) is 3.25. The van der Waals surface area contributed by atoms with E-state index in [1.54, 1.807) is 41.0 Å². The molecule has 1 aromatic carbocycles. The Bertz CT molecular complexity index is 772. The molecule has 1 fully saturated rings. The Morgan fingerprint density at radius 2 is 2.04 bits per heavy atom. The van der Waals surface area contributed by atoms with Crippen LogP contribution >= 0.6 is 0 Å². The van der Waals surface area contributed by atoms with Gasteiger partial charge >= 0.3 is 0 Å². The van der Waals surface area contributed by atoms with Gasteiger partial charge in [0.05, 0.1) is 12.0 Å². The SMILES string of the molecule is CCn1ccc(NC(=O)[C@@H]2CCC(=O)N(C)[C@H]2c2ccc(F)cc2)n1. The van der Waals surface area contributed by atoms with Crippen molar-refractivity contribution in [2.24, 2.45) is 5.92 Å². The molecule has 0 bridgehead atoms. The number of aryl methyl sites for hydroxylation is 1. The molecule has 25 heavy (non-hydrogen) atoms. The largest absolute Gasteiger partial charge is 0.338 e. The average molecular weight is 344 g/mol. The summed E-state index contributed by atoms with van der Waals surface area (Å²) in [4.78, 5) is 26.5. The lowest BCUT2D eigenvalue weighted by Gasteiger charge is -2.38. The van der Waals surface area contributed by atoms with Crippen molar-refractivity contribution in [3.63, 3.8) is 0 Å². The number of hydrogen-bond acceptors (Lipinski definition) is 3. The second kappa shape index (κ2) is 7.04. The third-order valence-corrected chi connectivity index (χ3v) is 4.63. The molecule has 7 heteroatoms. The standard InChI is InChI=1S/C18H21FN4O2/c1-3-23-11-10-15(21-23)20-18(25)14-8-9-16(24)22(2)17(14)12-4-6-13(19)7-5-12/h4-7,10-11,14,17H,3,8-9H2,1-2H3,(H,20,21,25)/t14-,17+/m1/s1. The van der Waals surface area contributed by atoms with E-state index < -0.39 is 12.0 Å². The highest BCUT2D eigenvalue weighted by Gasteiger charge is 2.39. The minimum atomic E-state index is -0.421.